The summed E-state index contributed by atoms with van der Waals surface area (Å²) in [7, 11) is 0. The van der Waals surface area contributed by atoms with Crippen LogP contribution < -0.4 is 10.6 Å². The SMILES string of the molecule is Cc1cc(Br)cc(Cl)c1Nc1c(C#N)cnc2cc(-c3ccc(CNCc4ccncc4)o3)ccc12. The number of nitriles is 1. The first kappa shape index (κ1) is 24.0. The van der Waals surface area contributed by atoms with Crippen LogP contribution >= 0.6 is 27.5 Å². The summed E-state index contributed by atoms with van der Waals surface area (Å²) in [6.07, 6.45) is 5.14. The average Bonchev–Trinajstić information content (AvgIpc) is 3.35. The van der Waals surface area contributed by atoms with Gasteiger partial charge in [0.05, 0.1) is 34.0 Å². The van der Waals surface area contributed by atoms with Crippen molar-refractivity contribution < 1.29 is 4.42 Å². The Morgan fingerprint density at radius 2 is 1.86 bits per heavy atom. The third-order valence-corrected chi connectivity index (χ3v) is 6.57. The van der Waals surface area contributed by atoms with Gasteiger partial charge in [0.2, 0.25) is 0 Å². The number of furan rings is 1. The fraction of sp³-hybridized carbons (Fsp3) is 0.107. The van der Waals surface area contributed by atoms with E-state index in [9.17, 15) is 5.26 Å². The highest BCUT2D eigenvalue weighted by Gasteiger charge is 2.15. The molecule has 0 saturated carbocycles. The monoisotopic (exact) mass is 557 g/mol. The second kappa shape index (κ2) is 10.5. The van der Waals surface area contributed by atoms with Crippen molar-refractivity contribution in [1.82, 2.24) is 15.3 Å². The number of aryl methyl sites for hydroxylation is 1. The largest absolute Gasteiger partial charge is 0.460 e. The number of nitrogens with zero attached hydrogens (tertiary/aromatic N) is 3. The molecule has 0 atom stereocenters. The lowest BCUT2D eigenvalue weighted by atomic mass is 10.1. The lowest BCUT2D eigenvalue weighted by Crippen LogP contribution is -2.11. The number of hydrogen-bond acceptors (Lipinski definition) is 6. The topological polar surface area (TPSA) is 86.8 Å². The van der Waals surface area contributed by atoms with Gasteiger partial charge in [0.15, 0.2) is 0 Å². The van der Waals surface area contributed by atoms with Crippen LogP contribution in [0.2, 0.25) is 5.02 Å². The average molecular weight is 559 g/mol. The zero-order valence-corrected chi connectivity index (χ0v) is 21.7. The number of nitrogens with one attached hydrogen (secondary N) is 2. The minimum Gasteiger partial charge on any atom is -0.460 e. The van der Waals surface area contributed by atoms with E-state index >= 15 is 0 Å². The van der Waals surface area contributed by atoms with Crippen LogP contribution in [0.4, 0.5) is 11.4 Å². The van der Waals surface area contributed by atoms with Gasteiger partial charge in [-0.05, 0) is 66.6 Å². The Balaban J connectivity index is 1.40. The molecule has 2 N–H and O–H groups in total. The van der Waals surface area contributed by atoms with Crippen LogP contribution in [0.25, 0.3) is 22.2 Å². The van der Waals surface area contributed by atoms with Gasteiger partial charge in [0, 0.05) is 40.6 Å². The zero-order chi connectivity index (χ0) is 25.1. The molecule has 5 rings (SSSR count). The van der Waals surface area contributed by atoms with Crippen LogP contribution in [-0.2, 0) is 13.1 Å². The van der Waals surface area contributed by atoms with Gasteiger partial charge in [0.1, 0.15) is 17.6 Å². The van der Waals surface area contributed by atoms with Crippen LogP contribution in [-0.4, -0.2) is 9.97 Å². The first-order chi connectivity index (χ1) is 17.5. The highest BCUT2D eigenvalue weighted by molar-refractivity contribution is 9.10. The van der Waals surface area contributed by atoms with Gasteiger partial charge >= 0.3 is 0 Å². The minimum absolute atomic E-state index is 0.439. The Morgan fingerprint density at radius 1 is 1.03 bits per heavy atom. The Labute approximate surface area is 222 Å². The van der Waals surface area contributed by atoms with Crippen molar-refractivity contribution in [1.29, 1.82) is 5.26 Å². The van der Waals surface area contributed by atoms with E-state index in [1.54, 1.807) is 18.6 Å². The highest BCUT2D eigenvalue weighted by atomic mass is 79.9. The van der Waals surface area contributed by atoms with Crippen molar-refractivity contribution in [2.24, 2.45) is 0 Å². The van der Waals surface area contributed by atoms with Gasteiger partial charge in [-0.1, -0.05) is 33.6 Å². The summed E-state index contributed by atoms with van der Waals surface area (Å²) in [5.74, 6) is 1.60. The number of hydrogen-bond donors (Lipinski definition) is 2. The molecule has 0 aliphatic rings. The predicted octanol–water partition coefficient (Wildman–Crippen LogP) is 7.52. The predicted molar refractivity (Wildman–Crippen MR) is 146 cm³/mol. The number of rotatable bonds is 7. The standard InChI is InChI=1S/C28H21BrClN5O/c1-17-10-21(29)12-24(30)27(17)35-28-20(13-31)15-34-25-11-19(2-4-23(25)28)26-5-3-22(36-26)16-33-14-18-6-8-32-9-7-18/h2-12,15,33H,14,16H2,1H3,(H,34,35). The molecule has 0 bridgehead atoms. The van der Waals surface area contributed by atoms with E-state index in [4.69, 9.17) is 16.0 Å². The molecule has 0 radical (unpaired) electrons. The van der Waals surface area contributed by atoms with E-state index in [0.29, 0.717) is 22.8 Å². The van der Waals surface area contributed by atoms with Crippen molar-refractivity contribution in [2.75, 3.05) is 5.32 Å². The van der Waals surface area contributed by atoms with Gasteiger partial charge in [-0.25, -0.2) is 0 Å². The molecule has 3 aromatic heterocycles. The molecule has 0 saturated heterocycles. The van der Waals surface area contributed by atoms with Crippen LogP contribution in [0.1, 0.15) is 22.5 Å². The first-order valence-corrected chi connectivity index (χ1v) is 12.4. The van der Waals surface area contributed by atoms with E-state index in [1.807, 2.05) is 61.5 Å². The van der Waals surface area contributed by atoms with E-state index in [0.717, 1.165) is 55.8 Å². The maximum Gasteiger partial charge on any atom is 0.134 e. The maximum atomic E-state index is 9.72. The third-order valence-electron chi connectivity index (χ3n) is 5.82. The molecule has 0 aliphatic heterocycles. The second-order valence-electron chi connectivity index (χ2n) is 8.32. The highest BCUT2D eigenvalue weighted by Crippen LogP contribution is 2.37. The second-order valence-corrected chi connectivity index (χ2v) is 9.64. The Morgan fingerprint density at radius 3 is 2.64 bits per heavy atom. The molecule has 5 aromatic rings. The fourth-order valence-electron chi connectivity index (χ4n) is 4.01. The minimum atomic E-state index is 0.439. The first-order valence-electron chi connectivity index (χ1n) is 11.3. The van der Waals surface area contributed by atoms with Crippen LogP contribution in [0.5, 0.6) is 0 Å². The maximum absolute atomic E-state index is 9.72. The quantitative estimate of drug-likeness (QED) is 0.215. The normalized spacial score (nSPS) is 10.9. The van der Waals surface area contributed by atoms with Crippen LogP contribution in [0, 0.1) is 18.3 Å². The molecule has 0 spiro atoms. The molecule has 178 valence electrons. The molecule has 0 unspecified atom stereocenters. The molecule has 2 aromatic carbocycles. The summed E-state index contributed by atoms with van der Waals surface area (Å²) in [6, 6.07) is 19.8. The van der Waals surface area contributed by atoms with E-state index in [1.165, 1.54) is 0 Å². The van der Waals surface area contributed by atoms with E-state index in [2.05, 4.69) is 42.6 Å². The molecule has 0 fully saturated rings. The summed E-state index contributed by atoms with van der Waals surface area (Å²) >= 11 is 9.97. The van der Waals surface area contributed by atoms with Crippen molar-refractivity contribution in [2.45, 2.75) is 20.0 Å². The smallest absolute Gasteiger partial charge is 0.134 e. The number of benzene rings is 2. The number of anilines is 2. The van der Waals surface area contributed by atoms with Gasteiger partial charge < -0.3 is 15.1 Å². The summed E-state index contributed by atoms with van der Waals surface area (Å²) in [4.78, 5) is 8.57. The molecule has 0 aliphatic carbocycles. The lowest BCUT2D eigenvalue weighted by Gasteiger charge is -2.15. The van der Waals surface area contributed by atoms with Crippen molar-refractivity contribution in [3.05, 3.63) is 105 Å². The number of fused-ring (bicyclic) bond motifs is 1. The Kier molecular flexibility index (Phi) is 7.01. The van der Waals surface area contributed by atoms with Gasteiger partial charge in [-0.2, -0.15) is 5.26 Å². The molecule has 0 amide bonds. The fourth-order valence-corrected chi connectivity index (χ4v) is 5.03. The van der Waals surface area contributed by atoms with Gasteiger partial charge in [0.25, 0.3) is 0 Å². The van der Waals surface area contributed by atoms with Gasteiger partial charge in [-0.3, -0.25) is 9.97 Å². The number of halogens is 2. The van der Waals surface area contributed by atoms with Crippen molar-refractivity contribution in [3.63, 3.8) is 0 Å². The van der Waals surface area contributed by atoms with Crippen LogP contribution in [0.15, 0.2) is 82.1 Å². The molecule has 3 heterocycles. The molecule has 6 nitrogen and oxygen atoms in total. The summed E-state index contributed by atoms with van der Waals surface area (Å²) < 4.78 is 6.97. The summed E-state index contributed by atoms with van der Waals surface area (Å²) in [5, 5.41) is 17.9. The van der Waals surface area contributed by atoms with E-state index in [-0.39, 0.29) is 0 Å². The molecule has 36 heavy (non-hydrogen) atoms. The van der Waals surface area contributed by atoms with Crippen molar-refractivity contribution in [3.8, 4) is 17.4 Å². The van der Waals surface area contributed by atoms with E-state index < -0.39 is 0 Å². The molecule has 8 heteroatoms. The number of pyridine rings is 2. The molecular formula is C28H21BrClN5O. The molecular weight excluding hydrogens is 538 g/mol. The van der Waals surface area contributed by atoms with Crippen LogP contribution in [0.3, 0.4) is 0 Å². The Hall–Kier alpha value is -3.70. The zero-order valence-electron chi connectivity index (χ0n) is 19.3. The lowest BCUT2D eigenvalue weighted by molar-refractivity contribution is 0.493. The summed E-state index contributed by atoms with van der Waals surface area (Å²) in [5.41, 5.74) is 5.63. The summed E-state index contributed by atoms with van der Waals surface area (Å²) in [6.45, 7) is 3.31. The Bertz CT molecular complexity index is 1570. The number of aromatic nitrogens is 2. The third kappa shape index (κ3) is 5.12. The van der Waals surface area contributed by atoms with Gasteiger partial charge in [-0.15, -0.1) is 0 Å². The van der Waals surface area contributed by atoms with Crippen molar-refractivity contribution >= 4 is 49.8 Å².